The molecule has 0 spiro atoms. The molecule has 0 amide bonds. The van der Waals surface area contributed by atoms with Gasteiger partial charge < -0.3 is 10.5 Å². The van der Waals surface area contributed by atoms with E-state index in [1.807, 2.05) is 18.2 Å². The van der Waals surface area contributed by atoms with E-state index in [1.165, 1.54) is 0 Å². The minimum absolute atomic E-state index is 0.339. The van der Waals surface area contributed by atoms with Gasteiger partial charge in [-0.1, -0.05) is 6.07 Å². The number of pyridine rings is 1. The van der Waals surface area contributed by atoms with Crippen molar-refractivity contribution in [2.75, 3.05) is 13.2 Å². The fourth-order valence-corrected chi connectivity index (χ4v) is 2.40. The Morgan fingerprint density at radius 1 is 1.41 bits per heavy atom. The Labute approximate surface area is 99.6 Å². The van der Waals surface area contributed by atoms with Crippen LogP contribution in [0.15, 0.2) is 18.2 Å². The minimum Gasteiger partial charge on any atom is -0.381 e. The highest BCUT2D eigenvalue weighted by Crippen LogP contribution is 2.25. The number of nitrogens with zero attached hydrogens (tertiary/aromatic N) is 3. The van der Waals surface area contributed by atoms with Crippen LogP contribution in [0.4, 0.5) is 0 Å². The molecule has 1 fully saturated rings. The summed E-state index contributed by atoms with van der Waals surface area (Å²) in [7, 11) is 0. The average molecular weight is 232 g/mol. The number of nitrogens with two attached hydrogens (primary N) is 1. The molecule has 1 atom stereocenters. The highest BCUT2D eigenvalue weighted by molar-refractivity contribution is 5.40. The lowest BCUT2D eigenvalue weighted by molar-refractivity contribution is 0.0777. The van der Waals surface area contributed by atoms with E-state index in [0.717, 1.165) is 43.2 Å². The lowest BCUT2D eigenvalue weighted by atomic mass is 10.0. The van der Waals surface area contributed by atoms with Crippen molar-refractivity contribution in [3.05, 3.63) is 29.7 Å². The predicted octanol–water partition coefficient (Wildman–Crippen LogP) is 1.08. The maximum Gasteiger partial charge on any atom is 0.161 e. The first-order valence-corrected chi connectivity index (χ1v) is 6.01. The lowest BCUT2D eigenvalue weighted by Gasteiger charge is -2.21. The molecule has 1 unspecified atom stereocenters. The van der Waals surface area contributed by atoms with Gasteiger partial charge in [0, 0.05) is 24.8 Å². The molecule has 0 aromatic carbocycles. The van der Waals surface area contributed by atoms with Crippen LogP contribution in [0.3, 0.4) is 0 Å². The van der Waals surface area contributed by atoms with Crippen LogP contribution >= 0.6 is 0 Å². The summed E-state index contributed by atoms with van der Waals surface area (Å²) in [6, 6.07) is 5.94. The SMILES string of the molecule is NCc1cccc2nnc(C3CCCOC3)n12. The van der Waals surface area contributed by atoms with Gasteiger partial charge in [-0.2, -0.15) is 0 Å². The number of rotatable bonds is 2. The summed E-state index contributed by atoms with van der Waals surface area (Å²) in [4.78, 5) is 0. The molecule has 90 valence electrons. The molecule has 17 heavy (non-hydrogen) atoms. The topological polar surface area (TPSA) is 65.4 Å². The van der Waals surface area contributed by atoms with Crippen LogP contribution in [-0.2, 0) is 11.3 Å². The van der Waals surface area contributed by atoms with Crippen LogP contribution in [0.1, 0.15) is 30.3 Å². The zero-order valence-electron chi connectivity index (χ0n) is 9.67. The Balaban J connectivity index is 2.09. The second kappa shape index (κ2) is 4.43. The molecule has 3 heterocycles. The van der Waals surface area contributed by atoms with Gasteiger partial charge in [0.15, 0.2) is 5.65 Å². The van der Waals surface area contributed by atoms with Crippen LogP contribution in [-0.4, -0.2) is 27.8 Å². The van der Waals surface area contributed by atoms with Gasteiger partial charge in [0.1, 0.15) is 5.82 Å². The number of hydrogen-bond donors (Lipinski definition) is 1. The summed E-state index contributed by atoms with van der Waals surface area (Å²) in [6.07, 6.45) is 2.20. The number of ether oxygens (including phenoxy) is 1. The molecule has 0 saturated carbocycles. The van der Waals surface area contributed by atoms with Gasteiger partial charge in [-0.05, 0) is 25.0 Å². The third-order valence-corrected chi connectivity index (χ3v) is 3.27. The number of fused-ring (bicyclic) bond motifs is 1. The third-order valence-electron chi connectivity index (χ3n) is 3.27. The van der Waals surface area contributed by atoms with Crippen LogP contribution in [0, 0.1) is 0 Å². The highest BCUT2D eigenvalue weighted by Gasteiger charge is 2.22. The van der Waals surface area contributed by atoms with Gasteiger partial charge in [-0.25, -0.2) is 0 Å². The van der Waals surface area contributed by atoms with E-state index in [0.29, 0.717) is 12.5 Å². The smallest absolute Gasteiger partial charge is 0.161 e. The summed E-state index contributed by atoms with van der Waals surface area (Å²) in [5.74, 6) is 1.33. The Hall–Kier alpha value is -1.46. The van der Waals surface area contributed by atoms with Gasteiger partial charge in [-0.15, -0.1) is 10.2 Å². The first-order valence-electron chi connectivity index (χ1n) is 6.01. The van der Waals surface area contributed by atoms with E-state index in [9.17, 15) is 0 Å². The molecular weight excluding hydrogens is 216 g/mol. The fourth-order valence-electron chi connectivity index (χ4n) is 2.40. The van der Waals surface area contributed by atoms with Gasteiger partial charge in [0.25, 0.3) is 0 Å². The number of aromatic nitrogens is 3. The van der Waals surface area contributed by atoms with E-state index in [-0.39, 0.29) is 0 Å². The van der Waals surface area contributed by atoms with Crippen LogP contribution in [0.5, 0.6) is 0 Å². The fraction of sp³-hybridized carbons (Fsp3) is 0.500. The van der Waals surface area contributed by atoms with Crippen LogP contribution in [0.2, 0.25) is 0 Å². The molecule has 2 aromatic rings. The van der Waals surface area contributed by atoms with E-state index in [2.05, 4.69) is 14.6 Å². The molecule has 5 heteroatoms. The van der Waals surface area contributed by atoms with E-state index in [4.69, 9.17) is 10.5 Å². The van der Waals surface area contributed by atoms with Crippen molar-refractivity contribution in [3.8, 4) is 0 Å². The zero-order chi connectivity index (χ0) is 11.7. The Kier molecular flexibility index (Phi) is 2.78. The molecule has 5 nitrogen and oxygen atoms in total. The molecule has 2 aromatic heterocycles. The van der Waals surface area contributed by atoms with Gasteiger partial charge in [0.05, 0.1) is 6.61 Å². The van der Waals surface area contributed by atoms with Crippen LogP contribution < -0.4 is 5.73 Å². The third kappa shape index (κ3) is 1.81. The summed E-state index contributed by atoms with van der Waals surface area (Å²) < 4.78 is 7.58. The molecule has 0 bridgehead atoms. The lowest BCUT2D eigenvalue weighted by Crippen LogP contribution is -2.19. The van der Waals surface area contributed by atoms with Crippen molar-refractivity contribution in [2.45, 2.75) is 25.3 Å². The molecular formula is C12H16N4O. The van der Waals surface area contributed by atoms with Crippen molar-refractivity contribution in [2.24, 2.45) is 5.73 Å². The van der Waals surface area contributed by atoms with Gasteiger partial charge >= 0.3 is 0 Å². The molecule has 1 saturated heterocycles. The average Bonchev–Trinajstić information content (AvgIpc) is 2.83. The van der Waals surface area contributed by atoms with E-state index < -0.39 is 0 Å². The minimum atomic E-state index is 0.339. The van der Waals surface area contributed by atoms with E-state index >= 15 is 0 Å². The molecule has 3 rings (SSSR count). The predicted molar refractivity (Wildman–Crippen MR) is 63.7 cm³/mol. The monoisotopic (exact) mass is 232 g/mol. The standard InChI is InChI=1S/C12H16N4O/c13-7-10-4-1-5-11-14-15-12(16(10)11)9-3-2-6-17-8-9/h1,4-5,9H,2-3,6-8,13H2. The summed E-state index contributed by atoms with van der Waals surface area (Å²) in [5, 5.41) is 8.51. The zero-order valence-corrected chi connectivity index (χ0v) is 9.67. The maximum absolute atomic E-state index is 5.77. The van der Waals surface area contributed by atoms with Crippen molar-refractivity contribution in [1.82, 2.24) is 14.6 Å². The molecule has 1 aliphatic heterocycles. The van der Waals surface area contributed by atoms with Crippen LogP contribution in [0.25, 0.3) is 5.65 Å². The van der Waals surface area contributed by atoms with Crippen molar-refractivity contribution in [1.29, 1.82) is 0 Å². The second-order valence-electron chi connectivity index (χ2n) is 4.39. The Bertz CT molecular complexity index is 516. The summed E-state index contributed by atoms with van der Waals surface area (Å²) in [5.41, 5.74) is 7.68. The first-order chi connectivity index (χ1) is 8.40. The normalized spacial score (nSPS) is 20.9. The molecule has 0 radical (unpaired) electrons. The largest absolute Gasteiger partial charge is 0.381 e. The molecule has 1 aliphatic rings. The Morgan fingerprint density at radius 2 is 2.35 bits per heavy atom. The number of hydrogen-bond acceptors (Lipinski definition) is 4. The summed E-state index contributed by atoms with van der Waals surface area (Å²) >= 11 is 0. The van der Waals surface area contributed by atoms with E-state index in [1.54, 1.807) is 0 Å². The van der Waals surface area contributed by atoms with Crippen molar-refractivity contribution >= 4 is 5.65 Å². The molecule has 0 aliphatic carbocycles. The van der Waals surface area contributed by atoms with Gasteiger partial charge in [-0.3, -0.25) is 4.40 Å². The summed E-state index contributed by atoms with van der Waals surface area (Å²) in [6.45, 7) is 2.09. The van der Waals surface area contributed by atoms with Gasteiger partial charge in [0.2, 0.25) is 0 Å². The highest BCUT2D eigenvalue weighted by atomic mass is 16.5. The Morgan fingerprint density at radius 3 is 3.12 bits per heavy atom. The quantitative estimate of drug-likeness (QED) is 0.841. The van der Waals surface area contributed by atoms with Crippen molar-refractivity contribution < 1.29 is 4.74 Å². The second-order valence-corrected chi connectivity index (χ2v) is 4.39. The van der Waals surface area contributed by atoms with Crippen molar-refractivity contribution in [3.63, 3.8) is 0 Å². The maximum atomic E-state index is 5.77. The first kappa shape index (κ1) is 10.7. The molecule has 2 N–H and O–H groups in total.